The molecule has 1 aliphatic heterocycles. The number of hydrogen-bond donors (Lipinski definition) is 3. The van der Waals surface area contributed by atoms with Crippen LogP contribution in [-0.4, -0.2) is 59.2 Å². The maximum Gasteiger partial charge on any atom is 0.247 e. The van der Waals surface area contributed by atoms with E-state index in [2.05, 4.69) is 25.8 Å². The first-order chi connectivity index (χ1) is 16.8. The van der Waals surface area contributed by atoms with Crippen LogP contribution in [0.15, 0.2) is 59.5 Å². The molecule has 1 aromatic heterocycles. The van der Waals surface area contributed by atoms with Crippen LogP contribution in [0, 0.1) is 6.92 Å². The Morgan fingerprint density at radius 1 is 1.03 bits per heavy atom. The van der Waals surface area contributed by atoms with E-state index in [-0.39, 0.29) is 16.6 Å². The molecule has 2 heterocycles. The third kappa shape index (κ3) is 4.78. The highest BCUT2D eigenvalue weighted by atomic mass is 35.5. The van der Waals surface area contributed by atoms with Crippen LogP contribution in [0.1, 0.15) is 5.56 Å². The van der Waals surface area contributed by atoms with Crippen molar-refractivity contribution >= 4 is 44.3 Å². The van der Waals surface area contributed by atoms with Crippen molar-refractivity contribution in [2.75, 3.05) is 31.5 Å². The van der Waals surface area contributed by atoms with Gasteiger partial charge in [0.05, 0.1) is 10.4 Å². The topological polar surface area (TPSA) is 120 Å². The first kappa shape index (κ1) is 23.4. The van der Waals surface area contributed by atoms with Crippen molar-refractivity contribution < 1.29 is 13.5 Å². The maximum absolute atomic E-state index is 12.8. The molecule has 0 amide bonds. The number of aromatic nitrogens is 3. The molecular formula is C24H23ClN6O3S. The van der Waals surface area contributed by atoms with E-state index in [1.54, 1.807) is 48.5 Å². The molecule has 0 saturated carbocycles. The molecule has 180 valence electrons. The monoisotopic (exact) mass is 510 g/mol. The molecule has 0 aliphatic carbocycles. The van der Waals surface area contributed by atoms with Gasteiger partial charge in [-0.25, -0.2) is 13.4 Å². The number of nitrogens with one attached hydrogen (secondary N) is 2. The Kier molecular flexibility index (Phi) is 6.28. The van der Waals surface area contributed by atoms with Gasteiger partial charge in [0, 0.05) is 42.5 Å². The highest BCUT2D eigenvalue weighted by Crippen LogP contribution is 2.34. The van der Waals surface area contributed by atoms with E-state index in [0.29, 0.717) is 53.5 Å². The zero-order valence-corrected chi connectivity index (χ0v) is 20.4. The van der Waals surface area contributed by atoms with Crippen molar-refractivity contribution in [3.8, 4) is 16.9 Å². The van der Waals surface area contributed by atoms with Crippen LogP contribution in [-0.2, 0) is 10.0 Å². The second-order valence-corrected chi connectivity index (χ2v) is 10.6. The minimum atomic E-state index is -3.52. The van der Waals surface area contributed by atoms with E-state index in [4.69, 9.17) is 11.6 Å². The number of piperazine rings is 1. The fourth-order valence-electron chi connectivity index (χ4n) is 4.03. The number of rotatable bonds is 5. The number of aryl methyl sites for hydroxylation is 1. The standard InChI is InChI=1S/C24H23ClN6O3S/c1-15-12-16(20-14-17(25)2-7-22(20)32)13-21-23(15)28-24(30-29-21)27-18-3-5-19(6-4-18)35(33,34)31-10-8-26-9-11-31/h2-7,12-14,26,32H,8-11H2,1H3,(H,27,28,30). The Labute approximate surface area is 207 Å². The van der Waals surface area contributed by atoms with Gasteiger partial charge in [-0.3, -0.25) is 0 Å². The molecule has 4 aromatic rings. The predicted molar refractivity (Wildman–Crippen MR) is 136 cm³/mol. The second kappa shape index (κ2) is 9.38. The van der Waals surface area contributed by atoms with Gasteiger partial charge in [-0.2, -0.15) is 4.31 Å². The van der Waals surface area contributed by atoms with Crippen LogP contribution in [0.2, 0.25) is 5.02 Å². The SMILES string of the molecule is Cc1cc(-c2cc(Cl)ccc2O)cc2nnc(Nc3ccc(S(=O)(=O)N4CCNCC4)cc3)nc12. The molecule has 35 heavy (non-hydrogen) atoms. The molecule has 5 rings (SSSR count). The lowest BCUT2D eigenvalue weighted by atomic mass is 10.0. The normalized spacial score (nSPS) is 14.8. The van der Waals surface area contributed by atoms with Crippen LogP contribution in [0.3, 0.4) is 0 Å². The fraction of sp³-hybridized carbons (Fsp3) is 0.208. The number of nitrogens with zero attached hydrogens (tertiary/aromatic N) is 4. The Balaban J connectivity index is 1.39. The summed E-state index contributed by atoms with van der Waals surface area (Å²) in [6.45, 7) is 4.11. The molecule has 1 saturated heterocycles. The number of aromatic hydroxyl groups is 1. The van der Waals surface area contributed by atoms with E-state index >= 15 is 0 Å². The lowest BCUT2D eigenvalue weighted by Gasteiger charge is -2.26. The Hall–Kier alpha value is -3.31. The van der Waals surface area contributed by atoms with E-state index in [0.717, 1.165) is 11.1 Å². The van der Waals surface area contributed by atoms with Crippen molar-refractivity contribution in [1.29, 1.82) is 0 Å². The van der Waals surface area contributed by atoms with Gasteiger partial charge in [-0.1, -0.05) is 11.6 Å². The number of hydrogen-bond acceptors (Lipinski definition) is 8. The van der Waals surface area contributed by atoms with Crippen molar-refractivity contribution in [2.45, 2.75) is 11.8 Å². The zero-order chi connectivity index (χ0) is 24.6. The summed E-state index contributed by atoms with van der Waals surface area (Å²) >= 11 is 6.10. The quantitative estimate of drug-likeness (QED) is 0.372. The van der Waals surface area contributed by atoms with Gasteiger partial charge in [0.1, 0.15) is 11.3 Å². The zero-order valence-electron chi connectivity index (χ0n) is 18.9. The molecule has 3 aromatic carbocycles. The summed E-state index contributed by atoms with van der Waals surface area (Å²) in [5, 5.41) is 25.5. The van der Waals surface area contributed by atoms with Gasteiger partial charge in [-0.05, 0) is 72.6 Å². The number of halogens is 1. The number of benzene rings is 3. The van der Waals surface area contributed by atoms with Gasteiger partial charge < -0.3 is 15.7 Å². The minimum Gasteiger partial charge on any atom is -0.507 e. The molecule has 0 bridgehead atoms. The maximum atomic E-state index is 12.8. The smallest absolute Gasteiger partial charge is 0.247 e. The molecule has 9 nitrogen and oxygen atoms in total. The van der Waals surface area contributed by atoms with Crippen molar-refractivity contribution in [3.05, 3.63) is 65.2 Å². The summed E-state index contributed by atoms with van der Waals surface area (Å²) < 4.78 is 27.1. The Morgan fingerprint density at radius 3 is 2.51 bits per heavy atom. The van der Waals surface area contributed by atoms with E-state index in [1.165, 1.54) is 4.31 Å². The lowest BCUT2D eigenvalue weighted by Crippen LogP contribution is -2.46. The van der Waals surface area contributed by atoms with Gasteiger partial charge in [0.15, 0.2) is 0 Å². The van der Waals surface area contributed by atoms with E-state index in [1.807, 2.05) is 13.0 Å². The van der Waals surface area contributed by atoms with Crippen LogP contribution in [0.4, 0.5) is 11.6 Å². The lowest BCUT2D eigenvalue weighted by molar-refractivity contribution is 0.360. The number of sulfonamides is 1. The molecule has 1 fully saturated rings. The third-order valence-electron chi connectivity index (χ3n) is 5.84. The Bertz CT molecular complexity index is 1510. The molecule has 0 atom stereocenters. The summed E-state index contributed by atoms with van der Waals surface area (Å²) in [7, 11) is -3.52. The predicted octanol–water partition coefficient (Wildman–Crippen LogP) is 3.70. The van der Waals surface area contributed by atoms with Crippen molar-refractivity contribution in [1.82, 2.24) is 24.8 Å². The summed E-state index contributed by atoms with van der Waals surface area (Å²) in [4.78, 5) is 4.83. The summed E-state index contributed by atoms with van der Waals surface area (Å²) in [5.41, 5.74) is 4.08. The first-order valence-corrected chi connectivity index (χ1v) is 12.8. The first-order valence-electron chi connectivity index (χ1n) is 11.0. The fourth-order valence-corrected chi connectivity index (χ4v) is 5.65. The van der Waals surface area contributed by atoms with Crippen LogP contribution >= 0.6 is 11.6 Å². The second-order valence-electron chi connectivity index (χ2n) is 8.26. The number of phenolic OH excluding ortho intramolecular Hbond substituents is 1. The number of phenols is 1. The van der Waals surface area contributed by atoms with Gasteiger partial charge >= 0.3 is 0 Å². The molecule has 11 heteroatoms. The molecule has 1 aliphatic rings. The molecular weight excluding hydrogens is 488 g/mol. The highest BCUT2D eigenvalue weighted by molar-refractivity contribution is 7.89. The minimum absolute atomic E-state index is 0.120. The van der Waals surface area contributed by atoms with Crippen LogP contribution < -0.4 is 10.6 Å². The van der Waals surface area contributed by atoms with Gasteiger partial charge in [-0.15, -0.1) is 10.2 Å². The summed E-state index contributed by atoms with van der Waals surface area (Å²) in [5.74, 6) is 0.409. The third-order valence-corrected chi connectivity index (χ3v) is 7.99. The largest absolute Gasteiger partial charge is 0.507 e. The molecule has 3 N–H and O–H groups in total. The Morgan fingerprint density at radius 2 is 1.77 bits per heavy atom. The molecule has 0 radical (unpaired) electrons. The van der Waals surface area contributed by atoms with Gasteiger partial charge in [0.25, 0.3) is 0 Å². The van der Waals surface area contributed by atoms with E-state index in [9.17, 15) is 13.5 Å². The van der Waals surface area contributed by atoms with Crippen LogP contribution in [0.25, 0.3) is 22.2 Å². The highest BCUT2D eigenvalue weighted by Gasteiger charge is 2.25. The summed E-state index contributed by atoms with van der Waals surface area (Å²) in [6.07, 6.45) is 0. The van der Waals surface area contributed by atoms with Crippen LogP contribution in [0.5, 0.6) is 5.75 Å². The molecule has 0 spiro atoms. The number of anilines is 2. The van der Waals surface area contributed by atoms with Crippen molar-refractivity contribution in [2.24, 2.45) is 0 Å². The molecule has 0 unspecified atom stereocenters. The average molecular weight is 511 g/mol. The van der Waals surface area contributed by atoms with Gasteiger partial charge in [0.2, 0.25) is 16.0 Å². The van der Waals surface area contributed by atoms with E-state index < -0.39 is 10.0 Å². The number of fused-ring (bicyclic) bond motifs is 1. The van der Waals surface area contributed by atoms with Crippen molar-refractivity contribution in [3.63, 3.8) is 0 Å². The summed E-state index contributed by atoms with van der Waals surface area (Å²) in [6, 6.07) is 15.1. The average Bonchev–Trinajstić information content (AvgIpc) is 2.86.